The second-order valence-electron chi connectivity index (χ2n) is 6.43. The Balaban J connectivity index is 1.50. The van der Waals surface area contributed by atoms with Crippen LogP contribution in [-0.4, -0.2) is 44.8 Å². The van der Waals surface area contributed by atoms with Gasteiger partial charge in [-0.3, -0.25) is 9.69 Å². The third-order valence-corrected chi connectivity index (χ3v) is 5.37. The van der Waals surface area contributed by atoms with Crippen LogP contribution in [-0.2, 0) is 17.9 Å². The maximum Gasteiger partial charge on any atom is 0.227 e. The lowest BCUT2D eigenvalue weighted by Gasteiger charge is -2.35. The quantitative estimate of drug-likeness (QED) is 0.857. The van der Waals surface area contributed by atoms with Crippen molar-refractivity contribution >= 4 is 17.2 Å². The lowest BCUT2D eigenvalue weighted by atomic mass is 9.94. The number of carbonyl (C=O) groups is 1. The van der Waals surface area contributed by atoms with Crippen LogP contribution in [0.25, 0.3) is 0 Å². The van der Waals surface area contributed by atoms with Crippen LogP contribution < -0.4 is 0 Å². The molecule has 6 nitrogen and oxygen atoms in total. The molecule has 7 heteroatoms. The van der Waals surface area contributed by atoms with Crippen LogP contribution >= 0.6 is 11.3 Å². The van der Waals surface area contributed by atoms with Crippen LogP contribution in [0.5, 0.6) is 0 Å². The lowest BCUT2D eigenvalue weighted by Crippen LogP contribution is -2.47. The van der Waals surface area contributed by atoms with Gasteiger partial charge in [0.15, 0.2) is 5.89 Å². The van der Waals surface area contributed by atoms with Gasteiger partial charge in [-0.1, -0.05) is 0 Å². The molecule has 5 heterocycles. The van der Waals surface area contributed by atoms with Crippen molar-refractivity contribution in [1.29, 1.82) is 0 Å². The predicted octanol–water partition coefficient (Wildman–Crippen LogP) is 2.06. The number of aryl methyl sites for hydroxylation is 1. The maximum absolute atomic E-state index is 12.8. The van der Waals surface area contributed by atoms with Crippen LogP contribution in [0, 0.1) is 12.8 Å². The number of nitrogens with zero attached hydrogens (tertiary/aromatic N) is 4. The summed E-state index contributed by atoms with van der Waals surface area (Å²) in [6, 6.07) is 0.274. The molecular formula is C16H20N4O2S. The molecule has 0 radical (unpaired) electrons. The van der Waals surface area contributed by atoms with Crippen LogP contribution in [0.4, 0.5) is 0 Å². The molecule has 122 valence electrons. The minimum atomic E-state index is 0.0976. The maximum atomic E-state index is 12.8. The number of piperidine rings is 1. The summed E-state index contributed by atoms with van der Waals surface area (Å²) in [6.07, 6.45) is 3.79. The zero-order valence-corrected chi connectivity index (χ0v) is 14.0. The highest BCUT2D eigenvalue weighted by Gasteiger charge is 2.40. The van der Waals surface area contributed by atoms with Crippen molar-refractivity contribution in [3.63, 3.8) is 0 Å². The molecule has 0 aromatic carbocycles. The van der Waals surface area contributed by atoms with Gasteiger partial charge in [-0.05, 0) is 12.8 Å². The first-order valence-corrected chi connectivity index (χ1v) is 8.94. The summed E-state index contributed by atoms with van der Waals surface area (Å²) in [6.45, 7) is 4.96. The summed E-state index contributed by atoms with van der Waals surface area (Å²) in [5.74, 6) is 1.08. The number of carbonyl (C=O) groups excluding carboxylic acids is 1. The zero-order chi connectivity index (χ0) is 15.8. The molecule has 0 aliphatic carbocycles. The first-order valence-electron chi connectivity index (χ1n) is 8.00. The highest BCUT2D eigenvalue weighted by molar-refractivity contribution is 7.07. The summed E-state index contributed by atoms with van der Waals surface area (Å²) in [4.78, 5) is 25.9. The van der Waals surface area contributed by atoms with E-state index >= 15 is 0 Å². The molecule has 2 atom stereocenters. The molecule has 1 amide bonds. The van der Waals surface area contributed by atoms with Crippen molar-refractivity contribution < 1.29 is 9.21 Å². The molecule has 0 saturated carbocycles. The van der Waals surface area contributed by atoms with E-state index in [0.717, 1.165) is 43.9 Å². The van der Waals surface area contributed by atoms with E-state index in [-0.39, 0.29) is 17.9 Å². The molecule has 0 N–H and O–H groups in total. The number of fused-ring (bicyclic) bond motifs is 4. The predicted molar refractivity (Wildman–Crippen MR) is 85.7 cm³/mol. The Morgan fingerprint density at radius 3 is 2.96 bits per heavy atom. The normalized spacial score (nSPS) is 25.1. The van der Waals surface area contributed by atoms with Gasteiger partial charge in [-0.15, -0.1) is 11.3 Å². The molecule has 2 aromatic heterocycles. The summed E-state index contributed by atoms with van der Waals surface area (Å²) in [5.41, 5.74) is 3.77. The topological polar surface area (TPSA) is 62.5 Å². The second-order valence-corrected chi connectivity index (χ2v) is 7.14. The van der Waals surface area contributed by atoms with Crippen LogP contribution in [0.1, 0.15) is 30.1 Å². The van der Waals surface area contributed by atoms with Crippen molar-refractivity contribution in [2.24, 2.45) is 5.92 Å². The number of amides is 1. The van der Waals surface area contributed by atoms with Gasteiger partial charge in [0.1, 0.15) is 6.26 Å². The molecule has 2 bridgehead atoms. The number of oxazole rings is 1. The fourth-order valence-corrected chi connectivity index (χ4v) is 4.22. The lowest BCUT2D eigenvalue weighted by molar-refractivity contribution is -0.140. The molecule has 3 fully saturated rings. The Labute approximate surface area is 139 Å². The van der Waals surface area contributed by atoms with Gasteiger partial charge >= 0.3 is 0 Å². The van der Waals surface area contributed by atoms with E-state index in [1.165, 1.54) is 0 Å². The van der Waals surface area contributed by atoms with E-state index in [1.54, 1.807) is 17.6 Å². The first-order chi connectivity index (χ1) is 11.2. The van der Waals surface area contributed by atoms with Gasteiger partial charge in [0.2, 0.25) is 5.91 Å². The molecule has 3 aliphatic heterocycles. The van der Waals surface area contributed by atoms with E-state index in [4.69, 9.17) is 4.42 Å². The molecular weight excluding hydrogens is 312 g/mol. The SMILES string of the molecule is Cc1nc(CN2C[C@H]3CC[C@@H](C2)N(Cc2cscn2)C3=O)co1. The minimum absolute atomic E-state index is 0.0976. The number of hydrogen-bond donors (Lipinski definition) is 0. The van der Waals surface area contributed by atoms with Crippen molar-refractivity contribution in [2.75, 3.05) is 13.1 Å². The average molecular weight is 332 g/mol. The molecule has 5 rings (SSSR count). The fraction of sp³-hybridized carbons (Fsp3) is 0.562. The Hall–Kier alpha value is -1.73. The number of thiazole rings is 1. The van der Waals surface area contributed by atoms with Crippen molar-refractivity contribution in [3.05, 3.63) is 34.4 Å². The third-order valence-electron chi connectivity index (χ3n) is 4.74. The number of aromatic nitrogens is 2. The van der Waals surface area contributed by atoms with E-state index in [2.05, 4.69) is 14.9 Å². The van der Waals surface area contributed by atoms with Crippen LogP contribution in [0.15, 0.2) is 21.6 Å². The van der Waals surface area contributed by atoms with Gasteiger partial charge in [-0.2, -0.15) is 0 Å². The van der Waals surface area contributed by atoms with Gasteiger partial charge in [0, 0.05) is 38.0 Å². The monoisotopic (exact) mass is 332 g/mol. The molecule has 0 spiro atoms. The Bertz CT molecular complexity index is 684. The van der Waals surface area contributed by atoms with Gasteiger partial charge in [0.05, 0.1) is 29.4 Å². The van der Waals surface area contributed by atoms with Crippen LogP contribution in [0.2, 0.25) is 0 Å². The zero-order valence-electron chi connectivity index (χ0n) is 13.1. The summed E-state index contributed by atoms with van der Waals surface area (Å²) in [5, 5.41) is 2.03. The summed E-state index contributed by atoms with van der Waals surface area (Å²) < 4.78 is 5.30. The van der Waals surface area contributed by atoms with E-state index in [0.29, 0.717) is 12.4 Å². The average Bonchev–Trinajstić information content (AvgIpc) is 3.10. The Morgan fingerprint density at radius 1 is 1.30 bits per heavy atom. The number of rotatable bonds is 4. The Morgan fingerprint density at radius 2 is 2.22 bits per heavy atom. The van der Waals surface area contributed by atoms with Crippen molar-refractivity contribution in [3.8, 4) is 0 Å². The smallest absolute Gasteiger partial charge is 0.227 e. The third kappa shape index (κ3) is 3.03. The summed E-state index contributed by atoms with van der Waals surface area (Å²) in [7, 11) is 0. The fourth-order valence-electron chi connectivity index (χ4n) is 3.67. The standard InChI is InChI=1S/C16H20N4O2S/c1-11-18-13(8-22-11)5-19-4-12-2-3-15(7-19)20(16(12)21)6-14-9-23-10-17-14/h8-10,12,15H,2-7H2,1H3/t12-,15+/m1/s1. The van der Waals surface area contributed by atoms with E-state index in [1.807, 2.05) is 22.7 Å². The minimum Gasteiger partial charge on any atom is -0.449 e. The molecule has 2 aromatic rings. The second kappa shape index (κ2) is 6.05. The van der Waals surface area contributed by atoms with Crippen LogP contribution in [0.3, 0.4) is 0 Å². The molecule has 3 aliphatic rings. The van der Waals surface area contributed by atoms with Gasteiger partial charge in [-0.25, -0.2) is 9.97 Å². The molecule has 0 unspecified atom stereocenters. The number of hydrogen-bond acceptors (Lipinski definition) is 6. The van der Waals surface area contributed by atoms with Crippen molar-refractivity contribution in [2.45, 2.75) is 38.9 Å². The molecule has 3 saturated heterocycles. The van der Waals surface area contributed by atoms with E-state index < -0.39 is 0 Å². The first kappa shape index (κ1) is 14.8. The van der Waals surface area contributed by atoms with Gasteiger partial charge < -0.3 is 9.32 Å². The largest absolute Gasteiger partial charge is 0.449 e. The van der Waals surface area contributed by atoms with Gasteiger partial charge in [0.25, 0.3) is 0 Å². The summed E-state index contributed by atoms with van der Waals surface area (Å²) >= 11 is 1.58. The highest BCUT2D eigenvalue weighted by Crippen LogP contribution is 2.31. The van der Waals surface area contributed by atoms with Crippen molar-refractivity contribution in [1.82, 2.24) is 19.8 Å². The van der Waals surface area contributed by atoms with E-state index in [9.17, 15) is 4.79 Å². The highest BCUT2D eigenvalue weighted by atomic mass is 32.1. The molecule has 23 heavy (non-hydrogen) atoms. The Kier molecular flexibility index (Phi) is 3.90.